The number of methoxy groups -OCH3 is 2. The number of allylic oxidation sites excluding steroid dienone is 2. The van der Waals surface area contributed by atoms with Crippen LogP contribution in [0.1, 0.15) is 26.3 Å². The number of anilines is 2. The summed E-state index contributed by atoms with van der Waals surface area (Å²) in [5.41, 5.74) is 4.10. The molecule has 2 aliphatic heterocycles. The van der Waals surface area contributed by atoms with Crippen LogP contribution < -0.4 is 25.0 Å². The van der Waals surface area contributed by atoms with Crippen molar-refractivity contribution in [2.24, 2.45) is 0 Å². The monoisotopic (exact) mass is 550 g/mol. The number of fused-ring (bicyclic) bond motifs is 1. The molecule has 0 atom stereocenters. The SMILES string of the molecule is C=C/C(NCc1c(-c2ccc(OC(=O)N3CCOCC3)cc2OC)ccc2c1N(C)C(=O)C(C)(C)N2)=C(\C)OC. The van der Waals surface area contributed by atoms with E-state index in [4.69, 9.17) is 18.9 Å². The molecule has 0 bridgehead atoms. The highest BCUT2D eigenvalue weighted by atomic mass is 16.6. The van der Waals surface area contributed by atoms with Crippen molar-refractivity contribution in [3.8, 4) is 22.6 Å². The number of amides is 2. The van der Waals surface area contributed by atoms with E-state index < -0.39 is 11.6 Å². The van der Waals surface area contributed by atoms with Crippen LogP contribution in [0.3, 0.4) is 0 Å². The zero-order valence-corrected chi connectivity index (χ0v) is 24.1. The Kier molecular flexibility index (Phi) is 8.58. The Morgan fingerprint density at radius 1 is 1.18 bits per heavy atom. The highest BCUT2D eigenvalue weighted by Crippen LogP contribution is 2.44. The fourth-order valence-electron chi connectivity index (χ4n) is 4.97. The minimum Gasteiger partial charge on any atom is -0.499 e. The van der Waals surface area contributed by atoms with Gasteiger partial charge >= 0.3 is 6.09 Å². The predicted molar refractivity (Wildman–Crippen MR) is 155 cm³/mol. The lowest BCUT2D eigenvalue weighted by Crippen LogP contribution is -2.52. The minimum atomic E-state index is -0.753. The van der Waals surface area contributed by atoms with Gasteiger partial charge < -0.3 is 39.4 Å². The molecule has 40 heavy (non-hydrogen) atoms. The van der Waals surface area contributed by atoms with Gasteiger partial charge in [-0.25, -0.2) is 4.79 Å². The third-order valence-corrected chi connectivity index (χ3v) is 7.19. The molecular weight excluding hydrogens is 512 g/mol. The quantitative estimate of drug-likeness (QED) is 0.366. The number of carbonyl (C=O) groups excluding carboxylic acids is 2. The summed E-state index contributed by atoms with van der Waals surface area (Å²) in [4.78, 5) is 29.2. The summed E-state index contributed by atoms with van der Waals surface area (Å²) in [7, 11) is 4.96. The molecule has 0 spiro atoms. The molecule has 2 amide bonds. The molecule has 2 aliphatic rings. The van der Waals surface area contributed by atoms with E-state index in [0.29, 0.717) is 50.1 Å². The van der Waals surface area contributed by atoms with Crippen molar-refractivity contribution in [2.45, 2.75) is 32.9 Å². The lowest BCUT2D eigenvalue weighted by atomic mass is 9.91. The van der Waals surface area contributed by atoms with Gasteiger partial charge in [0.25, 0.3) is 5.91 Å². The fourth-order valence-corrected chi connectivity index (χ4v) is 4.97. The molecule has 10 nitrogen and oxygen atoms in total. The zero-order valence-electron chi connectivity index (χ0n) is 24.1. The molecule has 2 heterocycles. The maximum Gasteiger partial charge on any atom is 0.415 e. The van der Waals surface area contributed by atoms with Crippen molar-refractivity contribution in [2.75, 3.05) is 57.8 Å². The van der Waals surface area contributed by atoms with Gasteiger partial charge in [-0.3, -0.25) is 4.79 Å². The number of nitrogens with one attached hydrogen (secondary N) is 2. The summed E-state index contributed by atoms with van der Waals surface area (Å²) >= 11 is 0. The van der Waals surface area contributed by atoms with Crippen LogP contribution in [0.5, 0.6) is 11.5 Å². The van der Waals surface area contributed by atoms with E-state index in [1.165, 1.54) is 0 Å². The molecule has 0 unspecified atom stereocenters. The van der Waals surface area contributed by atoms with Crippen LogP contribution >= 0.6 is 0 Å². The summed E-state index contributed by atoms with van der Waals surface area (Å²) in [6.45, 7) is 11.8. The Morgan fingerprint density at radius 3 is 2.52 bits per heavy atom. The average molecular weight is 551 g/mol. The summed E-state index contributed by atoms with van der Waals surface area (Å²) in [6.07, 6.45) is 1.27. The van der Waals surface area contributed by atoms with Gasteiger partial charge in [0.1, 0.15) is 22.8 Å². The number of rotatable bonds is 8. The van der Waals surface area contributed by atoms with E-state index in [9.17, 15) is 9.59 Å². The van der Waals surface area contributed by atoms with Gasteiger partial charge in [-0.15, -0.1) is 0 Å². The van der Waals surface area contributed by atoms with Crippen molar-refractivity contribution < 1.29 is 28.5 Å². The van der Waals surface area contributed by atoms with Gasteiger partial charge in [-0.05, 0) is 50.6 Å². The van der Waals surface area contributed by atoms with E-state index in [1.54, 1.807) is 49.3 Å². The highest BCUT2D eigenvalue weighted by Gasteiger charge is 2.38. The van der Waals surface area contributed by atoms with Gasteiger partial charge in [0, 0.05) is 43.9 Å². The smallest absolute Gasteiger partial charge is 0.415 e. The third kappa shape index (κ3) is 5.72. The van der Waals surface area contributed by atoms with Crippen LogP contribution in [-0.4, -0.2) is 70.0 Å². The Morgan fingerprint density at radius 2 is 1.88 bits per heavy atom. The summed E-state index contributed by atoms with van der Waals surface area (Å²) in [5, 5.41) is 6.79. The van der Waals surface area contributed by atoms with Crippen molar-refractivity contribution in [3.63, 3.8) is 0 Å². The number of hydrogen-bond acceptors (Lipinski definition) is 8. The van der Waals surface area contributed by atoms with E-state index >= 15 is 0 Å². The first-order valence-corrected chi connectivity index (χ1v) is 13.2. The van der Waals surface area contributed by atoms with E-state index in [-0.39, 0.29) is 5.91 Å². The Labute approximate surface area is 235 Å². The standard InChI is InChI=1S/C30H38N4O6/c1-8-24(19(2)37-6)31-18-23-21(11-12-25-27(23)33(5)28(35)30(3,4)32-25)22-10-9-20(17-26(22)38-7)40-29(36)34-13-15-39-16-14-34/h8-12,17,31-32H,1,13-16,18H2,2-7H3/b24-19-. The molecule has 0 aromatic heterocycles. The first kappa shape index (κ1) is 28.8. The maximum absolute atomic E-state index is 13.3. The Balaban J connectivity index is 1.77. The lowest BCUT2D eigenvalue weighted by Gasteiger charge is -2.40. The number of carbonyl (C=O) groups is 2. The van der Waals surface area contributed by atoms with Crippen LogP contribution in [0.2, 0.25) is 0 Å². The molecular formula is C30H38N4O6. The van der Waals surface area contributed by atoms with Crippen LogP contribution in [0, 0.1) is 0 Å². The molecule has 2 aromatic carbocycles. The van der Waals surface area contributed by atoms with Crippen molar-refractivity contribution in [3.05, 3.63) is 60.0 Å². The largest absolute Gasteiger partial charge is 0.499 e. The molecule has 2 N–H and O–H groups in total. The first-order valence-electron chi connectivity index (χ1n) is 13.2. The van der Waals surface area contributed by atoms with Gasteiger partial charge in [0.15, 0.2) is 0 Å². The van der Waals surface area contributed by atoms with Gasteiger partial charge in [-0.1, -0.05) is 12.6 Å². The normalized spacial score (nSPS) is 16.8. The van der Waals surface area contributed by atoms with Crippen LogP contribution in [0.4, 0.5) is 16.2 Å². The number of morpholine rings is 1. The summed E-state index contributed by atoms with van der Waals surface area (Å²) in [5.74, 6) is 1.54. The Hall–Kier alpha value is -4.18. The van der Waals surface area contributed by atoms with Gasteiger partial charge in [-0.2, -0.15) is 0 Å². The molecule has 4 rings (SSSR count). The number of likely N-dealkylation sites (N-methyl/N-ethyl adjacent to an activating group) is 1. The molecule has 2 aromatic rings. The Bertz CT molecular complexity index is 1330. The topological polar surface area (TPSA) is 102 Å². The van der Waals surface area contributed by atoms with Crippen molar-refractivity contribution >= 4 is 23.4 Å². The second-order valence-electron chi connectivity index (χ2n) is 10.2. The predicted octanol–water partition coefficient (Wildman–Crippen LogP) is 4.51. The van der Waals surface area contributed by atoms with Crippen LogP contribution in [-0.2, 0) is 20.8 Å². The molecule has 0 aliphatic carbocycles. The minimum absolute atomic E-state index is 0.0525. The average Bonchev–Trinajstić information content (AvgIpc) is 2.96. The van der Waals surface area contributed by atoms with Crippen molar-refractivity contribution in [1.29, 1.82) is 0 Å². The number of ether oxygens (including phenoxy) is 4. The fraction of sp³-hybridized carbons (Fsp3) is 0.400. The molecule has 0 radical (unpaired) electrons. The van der Waals surface area contributed by atoms with E-state index in [0.717, 1.165) is 33.8 Å². The lowest BCUT2D eigenvalue weighted by molar-refractivity contribution is -0.121. The summed E-state index contributed by atoms with van der Waals surface area (Å²) in [6, 6.07) is 9.27. The van der Waals surface area contributed by atoms with E-state index in [1.807, 2.05) is 39.0 Å². The third-order valence-electron chi connectivity index (χ3n) is 7.19. The summed E-state index contributed by atoms with van der Waals surface area (Å²) < 4.78 is 22.1. The number of nitrogens with zero attached hydrogens (tertiary/aromatic N) is 2. The second kappa shape index (κ2) is 11.9. The molecule has 214 valence electrons. The molecule has 10 heteroatoms. The van der Waals surface area contributed by atoms with Gasteiger partial charge in [0.2, 0.25) is 0 Å². The van der Waals surface area contributed by atoms with Gasteiger partial charge in [0.05, 0.1) is 44.5 Å². The maximum atomic E-state index is 13.3. The zero-order chi connectivity index (χ0) is 29.0. The van der Waals surface area contributed by atoms with Crippen LogP contribution in [0.15, 0.2) is 54.4 Å². The molecule has 1 saturated heterocycles. The molecule has 1 fully saturated rings. The van der Waals surface area contributed by atoms with Crippen molar-refractivity contribution in [1.82, 2.24) is 10.2 Å². The second-order valence-corrected chi connectivity index (χ2v) is 10.2. The number of benzene rings is 2. The first-order chi connectivity index (χ1) is 19.1. The highest BCUT2D eigenvalue weighted by molar-refractivity contribution is 6.08. The van der Waals surface area contributed by atoms with Crippen LogP contribution in [0.25, 0.3) is 11.1 Å². The van der Waals surface area contributed by atoms with E-state index in [2.05, 4.69) is 17.2 Å². The molecule has 0 saturated carbocycles. The number of hydrogen-bond donors (Lipinski definition) is 2.